The lowest BCUT2D eigenvalue weighted by atomic mass is 10.0. The Morgan fingerprint density at radius 1 is 1.25 bits per heavy atom. The molecule has 1 aromatic heterocycles. The minimum absolute atomic E-state index is 0.0197. The van der Waals surface area contributed by atoms with E-state index in [1.165, 1.54) is 5.56 Å². The SMILES string of the molecule is CCNC(=NCC(=O)N1CCCc2ccccc21)NCCc1ccc(Cl)nc1. The molecule has 2 aromatic rings. The lowest BCUT2D eigenvalue weighted by Gasteiger charge is -2.29. The zero-order valence-electron chi connectivity index (χ0n) is 16.1. The minimum atomic E-state index is 0.0197. The van der Waals surface area contributed by atoms with Gasteiger partial charge in [0, 0.05) is 31.5 Å². The Hall–Kier alpha value is -2.60. The molecule has 148 valence electrons. The number of aliphatic imine (C=N–C) groups is 1. The molecule has 0 atom stereocenters. The lowest BCUT2D eigenvalue weighted by Crippen LogP contribution is -2.41. The van der Waals surface area contributed by atoms with Crippen molar-refractivity contribution >= 4 is 29.2 Å². The van der Waals surface area contributed by atoms with E-state index < -0.39 is 0 Å². The summed E-state index contributed by atoms with van der Waals surface area (Å²) in [5.74, 6) is 0.661. The molecule has 2 heterocycles. The number of fused-ring (bicyclic) bond motifs is 1. The number of hydrogen-bond acceptors (Lipinski definition) is 3. The number of anilines is 1. The van der Waals surface area contributed by atoms with E-state index in [-0.39, 0.29) is 12.5 Å². The number of hydrogen-bond donors (Lipinski definition) is 2. The number of nitrogens with zero attached hydrogens (tertiary/aromatic N) is 3. The summed E-state index contributed by atoms with van der Waals surface area (Å²) in [6.45, 7) is 4.29. The van der Waals surface area contributed by atoms with Gasteiger partial charge in [-0.15, -0.1) is 0 Å². The Kier molecular flexibility index (Phi) is 7.25. The first-order chi connectivity index (χ1) is 13.7. The van der Waals surface area contributed by atoms with Crippen LogP contribution in [0.25, 0.3) is 0 Å². The summed E-state index contributed by atoms with van der Waals surface area (Å²) in [4.78, 5) is 23.1. The van der Waals surface area contributed by atoms with Crippen molar-refractivity contribution in [3.8, 4) is 0 Å². The quantitative estimate of drug-likeness (QED) is 0.445. The second-order valence-electron chi connectivity index (χ2n) is 6.64. The van der Waals surface area contributed by atoms with Crippen molar-refractivity contribution in [2.24, 2.45) is 4.99 Å². The molecule has 7 heteroatoms. The van der Waals surface area contributed by atoms with Gasteiger partial charge in [-0.3, -0.25) is 4.79 Å². The van der Waals surface area contributed by atoms with Gasteiger partial charge in [0.2, 0.25) is 5.91 Å². The fourth-order valence-corrected chi connectivity index (χ4v) is 3.36. The molecule has 3 rings (SSSR count). The molecule has 1 aliphatic rings. The molecule has 1 aliphatic heterocycles. The zero-order valence-corrected chi connectivity index (χ0v) is 16.9. The number of halogens is 1. The number of carbonyl (C=O) groups is 1. The molecule has 0 saturated carbocycles. The molecule has 28 heavy (non-hydrogen) atoms. The van der Waals surface area contributed by atoms with Crippen LogP contribution in [0, 0.1) is 0 Å². The number of benzene rings is 1. The molecule has 1 amide bonds. The van der Waals surface area contributed by atoms with Gasteiger partial charge in [-0.1, -0.05) is 35.9 Å². The highest BCUT2D eigenvalue weighted by molar-refractivity contribution is 6.29. The molecule has 0 unspecified atom stereocenters. The second-order valence-corrected chi connectivity index (χ2v) is 7.03. The first kappa shape index (κ1) is 20.1. The summed E-state index contributed by atoms with van der Waals surface area (Å²) < 4.78 is 0. The molecule has 1 aromatic carbocycles. The van der Waals surface area contributed by atoms with Gasteiger partial charge in [0.05, 0.1) is 0 Å². The average molecular weight is 400 g/mol. The van der Waals surface area contributed by atoms with E-state index in [2.05, 4.69) is 26.7 Å². The first-order valence-electron chi connectivity index (χ1n) is 9.68. The van der Waals surface area contributed by atoms with Crippen LogP contribution in [0.1, 0.15) is 24.5 Å². The Balaban J connectivity index is 1.56. The van der Waals surface area contributed by atoms with Crippen molar-refractivity contribution in [3.05, 3.63) is 58.9 Å². The van der Waals surface area contributed by atoms with E-state index in [9.17, 15) is 4.79 Å². The largest absolute Gasteiger partial charge is 0.357 e. The summed E-state index contributed by atoms with van der Waals surface area (Å²) in [5.41, 5.74) is 3.34. The highest BCUT2D eigenvalue weighted by atomic mass is 35.5. The van der Waals surface area contributed by atoms with Gasteiger partial charge >= 0.3 is 0 Å². The van der Waals surface area contributed by atoms with E-state index in [1.807, 2.05) is 36.1 Å². The lowest BCUT2D eigenvalue weighted by molar-refractivity contribution is -0.117. The molecule has 6 nitrogen and oxygen atoms in total. The monoisotopic (exact) mass is 399 g/mol. The third kappa shape index (κ3) is 5.45. The minimum Gasteiger partial charge on any atom is -0.357 e. The molecule has 0 radical (unpaired) electrons. The van der Waals surface area contributed by atoms with Gasteiger partial charge in [-0.2, -0.15) is 0 Å². The third-order valence-corrected chi connectivity index (χ3v) is 4.85. The predicted molar refractivity (Wildman–Crippen MR) is 114 cm³/mol. The Bertz CT molecular complexity index is 822. The van der Waals surface area contributed by atoms with Crippen molar-refractivity contribution in [2.45, 2.75) is 26.2 Å². The van der Waals surface area contributed by atoms with Crippen molar-refractivity contribution in [1.82, 2.24) is 15.6 Å². The Morgan fingerprint density at radius 2 is 2.11 bits per heavy atom. The average Bonchev–Trinajstić information content (AvgIpc) is 2.72. The van der Waals surface area contributed by atoms with Crippen LogP contribution >= 0.6 is 11.6 Å². The van der Waals surface area contributed by atoms with Crippen LogP contribution in [0.3, 0.4) is 0 Å². The van der Waals surface area contributed by atoms with Gasteiger partial charge in [0.15, 0.2) is 5.96 Å². The number of aromatic nitrogens is 1. The summed E-state index contributed by atoms with van der Waals surface area (Å²) in [5, 5.41) is 6.95. The second kappa shape index (κ2) is 10.1. The number of rotatable bonds is 6. The smallest absolute Gasteiger partial charge is 0.248 e. The molecule has 0 fully saturated rings. The first-order valence-corrected chi connectivity index (χ1v) is 10.1. The number of carbonyl (C=O) groups excluding carboxylic acids is 1. The van der Waals surface area contributed by atoms with Crippen LogP contribution in [-0.4, -0.2) is 43.0 Å². The normalized spacial score (nSPS) is 13.8. The van der Waals surface area contributed by atoms with E-state index >= 15 is 0 Å². The molecule has 0 bridgehead atoms. The van der Waals surface area contributed by atoms with Gasteiger partial charge in [0.25, 0.3) is 0 Å². The van der Waals surface area contributed by atoms with Crippen molar-refractivity contribution in [3.63, 3.8) is 0 Å². The Labute approximate surface area is 171 Å². The fourth-order valence-electron chi connectivity index (χ4n) is 3.25. The van der Waals surface area contributed by atoms with Crippen molar-refractivity contribution in [2.75, 3.05) is 31.1 Å². The molecule has 2 N–H and O–H groups in total. The van der Waals surface area contributed by atoms with E-state index in [1.54, 1.807) is 12.3 Å². The van der Waals surface area contributed by atoms with Gasteiger partial charge in [-0.25, -0.2) is 9.98 Å². The number of guanidine groups is 1. The number of nitrogens with one attached hydrogen (secondary N) is 2. The van der Waals surface area contributed by atoms with Gasteiger partial charge in [-0.05, 0) is 49.4 Å². The summed E-state index contributed by atoms with van der Waals surface area (Å²) in [6, 6.07) is 11.8. The molecular formula is C21H26ClN5O. The highest BCUT2D eigenvalue weighted by Crippen LogP contribution is 2.26. The predicted octanol–water partition coefficient (Wildman–Crippen LogP) is 2.81. The highest BCUT2D eigenvalue weighted by Gasteiger charge is 2.21. The van der Waals surface area contributed by atoms with Crippen LogP contribution in [0.4, 0.5) is 5.69 Å². The number of aryl methyl sites for hydroxylation is 1. The molecule has 0 saturated heterocycles. The summed E-state index contributed by atoms with van der Waals surface area (Å²) in [6.07, 6.45) is 4.57. The van der Waals surface area contributed by atoms with Crippen LogP contribution in [0.2, 0.25) is 5.15 Å². The fraction of sp³-hybridized carbons (Fsp3) is 0.381. The number of amides is 1. The maximum absolute atomic E-state index is 12.7. The van der Waals surface area contributed by atoms with Crippen LogP contribution in [0.5, 0.6) is 0 Å². The van der Waals surface area contributed by atoms with Crippen molar-refractivity contribution in [1.29, 1.82) is 0 Å². The van der Waals surface area contributed by atoms with E-state index in [0.717, 1.165) is 43.6 Å². The van der Waals surface area contributed by atoms with E-state index in [0.29, 0.717) is 17.7 Å². The van der Waals surface area contributed by atoms with Crippen molar-refractivity contribution < 1.29 is 4.79 Å². The maximum Gasteiger partial charge on any atom is 0.248 e. The summed E-state index contributed by atoms with van der Waals surface area (Å²) >= 11 is 5.81. The molecular weight excluding hydrogens is 374 g/mol. The Morgan fingerprint density at radius 3 is 2.89 bits per heavy atom. The number of para-hydroxylation sites is 1. The number of pyridine rings is 1. The molecule has 0 spiro atoms. The van der Waals surface area contributed by atoms with E-state index in [4.69, 9.17) is 11.6 Å². The maximum atomic E-state index is 12.7. The topological polar surface area (TPSA) is 69.6 Å². The third-order valence-electron chi connectivity index (χ3n) is 4.62. The zero-order chi connectivity index (χ0) is 19.8. The van der Waals surface area contributed by atoms with Gasteiger partial charge < -0.3 is 15.5 Å². The van der Waals surface area contributed by atoms with Crippen LogP contribution < -0.4 is 15.5 Å². The van der Waals surface area contributed by atoms with Crippen LogP contribution in [0.15, 0.2) is 47.6 Å². The van der Waals surface area contributed by atoms with Gasteiger partial charge in [0.1, 0.15) is 11.7 Å². The standard InChI is InChI=1S/C21H26ClN5O/c1-2-23-21(24-12-11-16-9-10-19(22)25-14-16)26-15-20(28)27-13-5-7-17-6-3-4-8-18(17)27/h3-4,6,8-10,14H,2,5,7,11-13,15H2,1H3,(H2,23,24,26). The molecule has 0 aliphatic carbocycles. The van der Waals surface area contributed by atoms with Crippen LogP contribution in [-0.2, 0) is 17.6 Å². The summed E-state index contributed by atoms with van der Waals surface area (Å²) in [7, 11) is 0.